The van der Waals surface area contributed by atoms with E-state index in [0.717, 1.165) is 83.9 Å². The molecule has 0 saturated carbocycles. The highest BCUT2D eigenvalue weighted by atomic mass is 79.9. The van der Waals surface area contributed by atoms with Crippen molar-refractivity contribution in [2.45, 2.75) is 57.9 Å². The third-order valence-electron chi connectivity index (χ3n) is 10.9. The Hall–Kier alpha value is -4.76. The number of aryl methyl sites for hydroxylation is 1. The molecule has 0 radical (unpaired) electrons. The monoisotopic (exact) mass is 762 g/mol. The van der Waals surface area contributed by atoms with Gasteiger partial charge in [0.25, 0.3) is 11.5 Å². The van der Waals surface area contributed by atoms with Crippen LogP contribution in [0.1, 0.15) is 52.4 Å². The molecule has 5 heterocycles. The van der Waals surface area contributed by atoms with Crippen molar-refractivity contribution < 1.29 is 14.3 Å². The number of piperazine rings is 1. The first-order valence-electron chi connectivity index (χ1n) is 17.6. The number of carbonyl (C=O) groups is 1. The van der Waals surface area contributed by atoms with Crippen LogP contribution >= 0.6 is 15.9 Å². The molecule has 3 atom stereocenters. The fourth-order valence-electron chi connectivity index (χ4n) is 8.01. The molecule has 0 aliphatic carbocycles. The second-order valence-corrected chi connectivity index (χ2v) is 14.8. The number of hydrogen-bond acceptors (Lipinski definition) is 8. The van der Waals surface area contributed by atoms with Crippen molar-refractivity contribution in [3.8, 4) is 28.7 Å². The summed E-state index contributed by atoms with van der Waals surface area (Å²) >= 11 is 3.36. The highest BCUT2D eigenvalue weighted by Crippen LogP contribution is 2.42. The Bertz CT molecular complexity index is 2140. The zero-order valence-corrected chi connectivity index (χ0v) is 31.8. The highest BCUT2D eigenvalue weighted by molar-refractivity contribution is 9.10. The number of hydrogen-bond donors (Lipinski definition) is 0. The molecule has 1 amide bonds. The van der Waals surface area contributed by atoms with Crippen molar-refractivity contribution in [1.82, 2.24) is 24.3 Å². The highest BCUT2D eigenvalue weighted by Gasteiger charge is 2.53. The average molecular weight is 764 g/mol. The van der Waals surface area contributed by atoms with Crippen LogP contribution < -0.4 is 15.0 Å². The lowest BCUT2D eigenvalue weighted by molar-refractivity contribution is -0.127. The molecule has 2 aromatic heterocycles. The van der Waals surface area contributed by atoms with Crippen LogP contribution in [0.4, 0.5) is 0 Å². The summed E-state index contributed by atoms with van der Waals surface area (Å²) < 4.78 is 14.1. The van der Waals surface area contributed by atoms with Crippen molar-refractivity contribution >= 4 is 27.9 Å². The maximum atomic E-state index is 13.6. The van der Waals surface area contributed by atoms with Gasteiger partial charge >= 0.3 is 0 Å². The lowest BCUT2D eigenvalue weighted by Crippen LogP contribution is -2.31. The minimum absolute atomic E-state index is 0.00740. The maximum absolute atomic E-state index is 13.6. The molecule has 268 valence electrons. The Morgan fingerprint density at radius 1 is 1.02 bits per heavy atom. The predicted molar refractivity (Wildman–Crippen MR) is 204 cm³/mol. The molecule has 0 spiro atoms. The van der Waals surface area contributed by atoms with Crippen LogP contribution in [0.5, 0.6) is 11.5 Å². The number of halogens is 1. The van der Waals surface area contributed by atoms with Crippen LogP contribution in [0, 0.1) is 25.2 Å². The van der Waals surface area contributed by atoms with E-state index in [0.29, 0.717) is 28.9 Å². The number of fused-ring (bicyclic) bond motifs is 1. The number of nitrogens with zero attached hydrogens (tertiary/aromatic N) is 6. The lowest BCUT2D eigenvalue weighted by atomic mass is 9.97. The Kier molecular flexibility index (Phi) is 10.1. The van der Waals surface area contributed by atoms with Crippen LogP contribution in [0.25, 0.3) is 17.2 Å². The lowest BCUT2D eigenvalue weighted by Gasteiger charge is -2.26. The zero-order valence-electron chi connectivity index (χ0n) is 30.2. The molecule has 11 heteroatoms. The maximum Gasteiger partial charge on any atom is 0.265 e. The number of pyridine rings is 2. The molecular formula is C41H43BrN6O4. The van der Waals surface area contributed by atoms with Crippen molar-refractivity contribution in [2.24, 2.45) is 7.05 Å². The number of nitriles is 1. The smallest absolute Gasteiger partial charge is 0.265 e. The van der Waals surface area contributed by atoms with Gasteiger partial charge in [0, 0.05) is 69.2 Å². The molecule has 7 rings (SSSR count). The van der Waals surface area contributed by atoms with E-state index in [-0.39, 0.29) is 23.1 Å². The average Bonchev–Trinajstić information content (AvgIpc) is 3.48. The molecule has 3 saturated heterocycles. The normalized spacial score (nSPS) is 21.2. The van der Waals surface area contributed by atoms with Crippen LogP contribution in [0.2, 0.25) is 0 Å². The van der Waals surface area contributed by atoms with Crippen molar-refractivity contribution in [3.05, 3.63) is 115 Å². The van der Waals surface area contributed by atoms with Crippen molar-refractivity contribution in [2.75, 3.05) is 33.9 Å². The summed E-state index contributed by atoms with van der Waals surface area (Å²) in [5, 5.41) is 9.88. The van der Waals surface area contributed by atoms with Crippen LogP contribution in [-0.4, -0.2) is 76.1 Å². The van der Waals surface area contributed by atoms with Crippen LogP contribution in [-0.2, 0) is 24.9 Å². The van der Waals surface area contributed by atoms with Crippen molar-refractivity contribution in [1.29, 1.82) is 5.26 Å². The van der Waals surface area contributed by atoms with Gasteiger partial charge in [-0.3, -0.25) is 19.4 Å². The summed E-state index contributed by atoms with van der Waals surface area (Å²) in [5.74, 6) is 1.30. The van der Waals surface area contributed by atoms with Gasteiger partial charge in [-0.2, -0.15) is 5.26 Å². The van der Waals surface area contributed by atoms with Gasteiger partial charge in [-0.1, -0.05) is 30.3 Å². The van der Waals surface area contributed by atoms with Gasteiger partial charge in [0.15, 0.2) is 0 Å². The first-order valence-corrected chi connectivity index (χ1v) is 18.4. The summed E-state index contributed by atoms with van der Waals surface area (Å²) in [6.07, 6.45) is 5.21. The van der Waals surface area contributed by atoms with E-state index in [4.69, 9.17) is 9.47 Å². The molecule has 0 N–H and O–H groups in total. The van der Waals surface area contributed by atoms with Gasteiger partial charge in [-0.15, -0.1) is 0 Å². The fourth-order valence-corrected chi connectivity index (χ4v) is 8.37. The van der Waals surface area contributed by atoms with E-state index in [1.807, 2.05) is 37.1 Å². The summed E-state index contributed by atoms with van der Waals surface area (Å²) in [5.41, 5.74) is 7.66. The van der Waals surface area contributed by atoms with E-state index < -0.39 is 0 Å². The second kappa shape index (κ2) is 14.7. The van der Waals surface area contributed by atoms with E-state index in [1.165, 1.54) is 5.56 Å². The fraction of sp³-hybridized carbons (Fsp3) is 0.366. The van der Waals surface area contributed by atoms with Gasteiger partial charge in [0.05, 0.1) is 31.5 Å². The number of benzene rings is 2. The van der Waals surface area contributed by atoms with Gasteiger partial charge in [-0.25, -0.2) is 4.98 Å². The molecular weight excluding hydrogens is 720 g/mol. The number of rotatable bonds is 10. The number of likely N-dealkylation sites (tertiary alicyclic amines) is 2. The Morgan fingerprint density at radius 3 is 2.40 bits per heavy atom. The molecule has 2 aromatic carbocycles. The summed E-state index contributed by atoms with van der Waals surface area (Å²) in [4.78, 5) is 37.3. The topological polar surface area (TPSA) is 104 Å². The van der Waals surface area contributed by atoms with E-state index in [1.54, 1.807) is 38.0 Å². The second-order valence-electron chi connectivity index (χ2n) is 14.0. The molecule has 3 aliphatic heterocycles. The number of aromatic nitrogens is 2. The summed E-state index contributed by atoms with van der Waals surface area (Å²) in [6, 6.07) is 21.1. The number of amides is 1. The predicted octanol–water partition coefficient (Wildman–Crippen LogP) is 6.18. The minimum Gasteiger partial charge on any atom is -0.496 e. The van der Waals surface area contributed by atoms with E-state index >= 15 is 0 Å². The van der Waals surface area contributed by atoms with Gasteiger partial charge in [0.2, 0.25) is 0 Å². The summed E-state index contributed by atoms with van der Waals surface area (Å²) in [6.45, 7) is 7.96. The van der Waals surface area contributed by atoms with E-state index in [9.17, 15) is 14.9 Å². The third-order valence-corrected chi connectivity index (χ3v) is 11.4. The SMILES string of the molecule is COc1cc(-c2cn(C)c(=O)c(C)c2C)cc(OC)c1CN1CC2C(C1)N2Cc1cccc(C2CCCN2C(=O)/C(C#N)=C/c2cccc(Br)n2)c1. The Labute approximate surface area is 313 Å². The third kappa shape index (κ3) is 6.90. The molecule has 52 heavy (non-hydrogen) atoms. The van der Waals surface area contributed by atoms with E-state index in [2.05, 4.69) is 73.2 Å². The molecule has 4 aromatic rings. The molecule has 3 fully saturated rings. The van der Waals surface area contributed by atoms with Crippen LogP contribution in [0.3, 0.4) is 0 Å². The molecule has 10 nitrogen and oxygen atoms in total. The van der Waals surface area contributed by atoms with Gasteiger partial charge in [0.1, 0.15) is 27.7 Å². The molecule has 3 aliphatic rings. The quantitative estimate of drug-likeness (QED) is 0.0817. The van der Waals surface area contributed by atoms with Crippen LogP contribution in [0.15, 0.2) is 75.8 Å². The van der Waals surface area contributed by atoms with Gasteiger partial charge in [-0.05, 0) is 95.2 Å². The number of ether oxygens (including phenoxy) is 2. The van der Waals surface area contributed by atoms with Crippen molar-refractivity contribution in [3.63, 3.8) is 0 Å². The molecule has 0 bridgehead atoms. The Balaban J connectivity index is 1.01. The first-order chi connectivity index (χ1) is 25.1. The standard InChI is InChI=1S/C41H43BrN6O4/c1-25-26(2)40(49)45(3)21-32(25)29-17-37(51-4)33(38(18-29)52-5)22-46-23-35-36(24-46)48(35)20-27-9-6-10-28(15-27)34-12-8-14-47(34)41(50)30(19-43)16-31-11-7-13-39(42)44-31/h6-7,9-11,13,15-18,21,34-36H,8,12,14,20,22-24H2,1-5H3/b30-16+. The Morgan fingerprint density at radius 2 is 1.73 bits per heavy atom. The summed E-state index contributed by atoms with van der Waals surface area (Å²) in [7, 11) is 5.17. The minimum atomic E-state index is -0.252. The zero-order chi connectivity index (χ0) is 36.7. The molecule has 3 unspecified atom stereocenters. The van der Waals surface area contributed by atoms with Gasteiger partial charge < -0.3 is 18.9 Å². The first kappa shape index (κ1) is 35.6. The number of carbonyl (C=O) groups excluding carboxylic acids is 1. The largest absolute Gasteiger partial charge is 0.496 e. The number of methoxy groups -OCH3 is 2.